The van der Waals surface area contributed by atoms with E-state index in [1.165, 1.54) is 42.6 Å². The van der Waals surface area contributed by atoms with Gasteiger partial charge in [-0.3, -0.25) is 25.0 Å². The molecule has 3 rings (SSSR count). The average molecular weight is 338 g/mol. The highest BCUT2D eigenvalue weighted by Gasteiger charge is 2.15. The number of hydrogen-bond acceptors (Lipinski definition) is 6. The van der Waals surface area contributed by atoms with Crippen molar-refractivity contribution in [3.05, 3.63) is 86.3 Å². The van der Waals surface area contributed by atoms with Crippen molar-refractivity contribution in [1.82, 2.24) is 9.97 Å². The van der Waals surface area contributed by atoms with Crippen LogP contribution >= 0.6 is 0 Å². The number of rotatable bonds is 5. The third-order valence-corrected chi connectivity index (χ3v) is 3.52. The third-order valence-electron chi connectivity index (χ3n) is 3.52. The van der Waals surface area contributed by atoms with Crippen molar-refractivity contribution in [2.45, 2.75) is 0 Å². The number of ketones is 1. The second-order valence-electron chi connectivity index (χ2n) is 5.08. The van der Waals surface area contributed by atoms with Crippen molar-refractivity contribution in [1.29, 1.82) is 0 Å². The van der Waals surface area contributed by atoms with E-state index in [2.05, 4.69) is 9.97 Å². The summed E-state index contributed by atoms with van der Waals surface area (Å²) in [6.45, 7) is 0. The smallest absolute Gasteiger partial charge is 0.269 e. The molecule has 0 aliphatic carbocycles. The van der Waals surface area contributed by atoms with Crippen molar-refractivity contribution in [3.63, 3.8) is 0 Å². The summed E-state index contributed by atoms with van der Waals surface area (Å²) in [5, 5.41) is 21.3. The summed E-state index contributed by atoms with van der Waals surface area (Å²) in [5.74, 6) is -0.342. The Kier molecular flexibility index (Phi) is 4.04. The second kappa shape index (κ2) is 6.32. The molecule has 0 saturated carbocycles. The molecule has 0 aliphatic rings. The first kappa shape index (κ1) is 16.0. The molecule has 124 valence electrons. The zero-order valence-corrected chi connectivity index (χ0v) is 12.6. The Morgan fingerprint density at radius 1 is 0.880 bits per heavy atom. The molecule has 25 heavy (non-hydrogen) atoms. The highest BCUT2D eigenvalue weighted by molar-refractivity contribution is 6.06. The molecular weight excluding hydrogens is 328 g/mol. The Bertz CT molecular complexity index is 961. The maximum Gasteiger partial charge on any atom is 0.269 e. The van der Waals surface area contributed by atoms with Gasteiger partial charge in [-0.1, -0.05) is 0 Å². The number of aromatic nitrogens is 2. The molecule has 0 saturated heterocycles. The Morgan fingerprint density at radius 2 is 1.40 bits per heavy atom. The number of aromatic amines is 1. The Morgan fingerprint density at radius 3 is 1.92 bits per heavy atom. The zero-order chi connectivity index (χ0) is 18.0. The van der Waals surface area contributed by atoms with E-state index in [1.54, 1.807) is 12.1 Å². The molecule has 0 atom stereocenters. The lowest BCUT2D eigenvalue weighted by Crippen LogP contribution is -2.03. The molecule has 3 aromatic rings. The number of H-pyrrole nitrogens is 1. The molecule has 1 aromatic heterocycles. The summed E-state index contributed by atoms with van der Waals surface area (Å²) >= 11 is 0. The van der Waals surface area contributed by atoms with Gasteiger partial charge in [0.25, 0.3) is 11.4 Å². The number of nitro benzene ring substituents is 2. The van der Waals surface area contributed by atoms with Gasteiger partial charge in [0, 0.05) is 35.4 Å². The number of carbonyl (C=O) groups is 1. The largest absolute Gasteiger partial charge is 0.335 e. The van der Waals surface area contributed by atoms with E-state index in [0.29, 0.717) is 11.3 Å². The zero-order valence-electron chi connectivity index (χ0n) is 12.6. The SMILES string of the molecule is O=C(c1ccc([N+](=O)[O-])cc1)c1ncc(-c2ccc([N+](=O)[O-])cc2)[nH]1. The highest BCUT2D eigenvalue weighted by atomic mass is 16.6. The Hall–Kier alpha value is -3.88. The van der Waals surface area contributed by atoms with E-state index in [1.807, 2.05) is 0 Å². The van der Waals surface area contributed by atoms with E-state index in [9.17, 15) is 25.0 Å². The minimum Gasteiger partial charge on any atom is -0.335 e. The summed E-state index contributed by atoms with van der Waals surface area (Å²) in [4.78, 5) is 39.5. The predicted octanol–water partition coefficient (Wildman–Crippen LogP) is 3.12. The molecule has 1 N–H and O–H groups in total. The van der Waals surface area contributed by atoms with Crippen molar-refractivity contribution in [3.8, 4) is 11.3 Å². The third kappa shape index (κ3) is 3.24. The van der Waals surface area contributed by atoms with E-state index in [-0.39, 0.29) is 22.8 Å². The number of benzene rings is 2. The maximum atomic E-state index is 12.4. The van der Waals surface area contributed by atoms with E-state index in [0.717, 1.165) is 0 Å². The predicted molar refractivity (Wildman–Crippen MR) is 87.2 cm³/mol. The molecule has 9 heteroatoms. The number of carbonyl (C=O) groups excluding carboxylic acids is 1. The molecule has 0 fully saturated rings. The molecule has 0 amide bonds. The number of nitrogens with one attached hydrogen (secondary N) is 1. The number of nitro groups is 2. The van der Waals surface area contributed by atoms with Gasteiger partial charge in [-0.15, -0.1) is 0 Å². The fraction of sp³-hybridized carbons (Fsp3) is 0. The quantitative estimate of drug-likeness (QED) is 0.432. The lowest BCUT2D eigenvalue weighted by molar-refractivity contribution is -0.385. The van der Waals surface area contributed by atoms with Crippen LogP contribution in [0.5, 0.6) is 0 Å². The van der Waals surface area contributed by atoms with Crippen molar-refractivity contribution >= 4 is 17.2 Å². The van der Waals surface area contributed by atoms with Gasteiger partial charge in [0.1, 0.15) is 0 Å². The first-order valence-electron chi connectivity index (χ1n) is 7.04. The summed E-state index contributed by atoms with van der Waals surface area (Å²) in [6.07, 6.45) is 1.44. The van der Waals surface area contributed by atoms with Gasteiger partial charge in [0.2, 0.25) is 5.78 Å². The summed E-state index contributed by atoms with van der Waals surface area (Å²) in [6, 6.07) is 11.0. The minimum absolute atomic E-state index is 0.0366. The molecule has 2 aromatic carbocycles. The van der Waals surface area contributed by atoms with Crippen LogP contribution < -0.4 is 0 Å². The topological polar surface area (TPSA) is 132 Å². The standard InChI is InChI=1S/C16H10N4O5/c21-15(11-3-7-13(8-4-11)20(24)25)16-17-9-14(18-16)10-1-5-12(6-2-10)19(22)23/h1-9H,(H,17,18). The minimum atomic E-state index is -0.548. The van der Waals surface area contributed by atoms with E-state index in [4.69, 9.17) is 0 Å². The van der Waals surface area contributed by atoms with Crippen LogP contribution in [-0.2, 0) is 0 Å². The molecule has 0 bridgehead atoms. The van der Waals surface area contributed by atoms with E-state index >= 15 is 0 Å². The molecule has 0 unspecified atom stereocenters. The van der Waals surface area contributed by atoms with Crippen LogP contribution in [0.25, 0.3) is 11.3 Å². The fourth-order valence-electron chi connectivity index (χ4n) is 2.22. The maximum absolute atomic E-state index is 12.4. The van der Waals surface area contributed by atoms with Crippen LogP contribution in [0.2, 0.25) is 0 Å². The summed E-state index contributed by atoms with van der Waals surface area (Å²) in [5.41, 5.74) is 1.28. The van der Waals surface area contributed by atoms with Crippen LogP contribution in [0.15, 0.2) is 54.7 Å². The van der Waals surface area contributed by atoms with Crippen molar-refractivity contribution in [2.24, 2.45) is 0 Å². The van der Waals surface area contributed by atoms with Gasteiger partial charge < -0.3 is 4.98 Å². The fourth-order valence-corrected chi connectivity index (χ4v) is 2.22. The van der Waals surface area contributed by atoms with Gasteiger partial charge in [-0.2, -0.15) is 0 Å². The van der Waals surface area contributed by atoms with Crippen molar-refractivity contribution in [2.75, 3.05) is 0 Å². The monoisotopic (exact) mass is 338 g/mol. The highest BCUT2D eigenvalue weighted by Crippen LogP contribution is 2.22. The van der Waals surface area contributed by atoms with Gasteiger partial charge in [0.15, 0.2) is 5.82 Å². The normalized spacial score (nSPS) is 10.4. The summed E-state index contributed by atoms with van der Waals surface area (Å²) in [7, 11) is 0. The molecule has 9 nitrogen and oxygen atoms in total. The van der Waals surface area contributed by atoms with Crippen LogP contribution in [0, 0.1) is 20.2 Å². The van der Waals surface area contributed by atoms with Crippen LogP contribution in [0.4, 0.5) is 11.4 Å². The second-order valence-corrected chi connectivity index (χ2v) is 5.08. The molecule has 1 heterocycles. The molecule has 0 aliphatic heterocycles. The lowest BCUT2D eigenvalue weighted by atomic mass is 10.1. The van der Waals surface area contributed by atoms with Gasteiger partial charge in [-0.05, 0) is 24.3 Å². The number of nitrogens with zero attached hydrogens (tertiary/aromatic N) is 3. The Labute approximate surface area is 140 Å². The molecule has 0 spiro atoms. The van der Waals surface area contributed by atoms with Gasteiger partial charge >= 0.3 is 0 Å². The molecule has 0 radical (unpaired) electrons. The van der Waals surface area contributed by atoms with Gasteiger partial charge in [-0.25, -0.2) is 4.98 Å². The van der Waals surface area contributed by atoms with Crippen LogP contribution in [0.3, 0.4) is 0 Å². The lowest BCUT2D eigenvalue weighted by Gasteiger charge is -1.99. The van der Waals surface area contributed by atoms with Crippen LogP contribution in [-0.4, -0.2) is 25.6 Å². The van der Waals surface area contributed by atoms with Crippen molar-refractivity contribution < 1.29 is 14.6 Å². The Balaban J connectivity index is 1.83. The number of imidazole rings is 1. The van der Waals surface area contributed by atoms with Crippen LogP contribution in [0.1, 0.15) is 16.2 Å². The first-order chi connectivity index (χ1) is 12.0. The number of non-ortho nitro benzene ring substituents is 2. The number of hydrogen-bond donors (Lipinski definition) is 1. The molecular formula is C16H10N4O5. The average Bonchev–Trinajstić information content (AvgIpc) is 3.11. The van der Waals surface area contributed by atoms with Gasteiger partial charge in [0.05, 0.1) is 21.7 Å². The van der Waals surface area contributed by atoms with E-state index < -0.39 is 15.6 Å². The summed E-state index contributed by atoms with van der Waals surface area (Å²) < 4.78 is 0. The first-order valence-corrected chi connectivity index (χ1v) is 7.04.